The van der Waals surface area contributed by atoms with E-state index in [1.54, 1.807) is 12.1 Å². The van der Waals surface area contributed by atoms with E-state index in [1.807, 2.05) is 12.3 Å². The predicted molar refractivity (Wildman–Crippen MR) is 99.1 cm³/mol. The van der Waals surface area contributed by atoms with Gasteiger partial charge in [0.05, 0.1) is 16.7 Å². The van der Waals surface area contributed by atoms with Gasteiger partial charge in [-0.05, 0) is 43.7 Å². The van der Waals surface area contributed by atoms with Crippen LogP contribution in [-0.2, 0) is 7.05 Å². The van der Waals surface area contributed by atoms with Crippen LogP contribution in [0.3, 0.4) is 0 Å². The average Bonchev–Trinajstić information content (AvgIpc) is 2.97. The van der Waals surface area contributed by atoms with E-state index in [0.29, 0.717) is 22.4 Å². The van der Waals surface area contributed by atoms with Gasteiger partial charge in [0, 0.05) is 30.9 Å². The molecule has 0 radical (unpaired) electrons. The predicted octanol–water partition coefficient (Wildman–Crippen LogP) is 5.17. The highest BCUT2D eigenvalue weighted by Crippen LogP contribution is 2.35. The van der Waals surface area contributed by atoms with Crippen molar-refractivity contribution < 1.29 is 4.74 Å². The summed E-state index contributed by atoms with van der Waals surface area (Å²) in [4.78, 5) is 4.67. The van der Waals surface area contributed by atoms with Gasteiger partial charge >= 0.3 is 0 Å². The molecule has 1 aromatic heterocycles. The van der Waals surface area contributed by atoms with E-state index in [0.717, 1.165) is 31.4 Å². The van der Waals surface area contributed by atoms with Gasteiger partial charge in [0.25, 0.3) is 0 Å². The number of rotatable bonds is 4. The number of imidazole rings is 1. The Hall–Kier alpha value is -1.99. The second-order valence-corrected chi connectivity index (χ2v) is 7.51. The number of halogens is 1. The maximum absolute atomic E-state index is 8.94. The summed E-state index contributed by atoms with van der Waals surface area (Å²) in [6.07, 6.45) is 6.39. The minimum absolute atomic E-state index is 0.199. The molecule has 0 aliphatic heterocycles. The molecule has 1 heterocycles. The van der Waals surface area contributed by atoms with Gasteiger partial charge in [-0.1, -0.05) is 25.4 Å². The van der Waals surface area contributed by atoms with Crippen molar-refractivity contribution in [1.29, 1.82) is 5.26 Å². The van der Waals surface area contributed by atoms with Crippen LogP contribution >= 0.6 is 11.6 Å². The number of benzene rings is 1. The van der Waals surface area contributed by atoms with Gasteiger partial charge in [0.15, 0.2) is 0 Å². The van der Waals surface area contributed by atoms with Crippen LogP contribution in [0.25, 0.3) is 0 Å². The van der Waals surface area contributed by atoms with Crippen molar-refractivity contribution >= 4 is 11.6 Å². The molecule has 5 heteroatoms. The van der Waals surface area contributed by atoms with Crippen molar-refractivity contribution in [2.75, 3.05) is 0 Å². The van der Waals surface area contributed by atoms with Gasteiger partial charge in [0.1, 0.15) is 17.6 Å². The van der Waals surface area contributed by atoms with E-state index >= 15 is 0 Å². The Bertz CT molecular complexity index is 783. The van der Waals surface area contributed by atoms with Crippen LogP contribution in [0.2, 0.25) is 5.02 Å². The van der Waals surface area contributed by atoms with Crippen molar-refractivity contribution in [3.63, 3.8) is 0 Å². The summed E-state index contributed by atoms with van der Waals surface area (Å²) >= 11 is 6.08. The van der Waals surface area contributed by atoms with Crippen molar-refractivity contribution in [2.45, 2.75) is 57.5 Å². The van der Waals surface area contributed by atoms with Gasteiger partial charge in [0.2, 0.25) is 0 Å². The lowest BCUT2D eigenvalue weighted by atomic mass is 9.86. The number of ether oxygens (including phenoxy) is 1. The second kappa shape index (κ2) is 7.49. The molecule has 0 spiro atoms. The van der Waals surface area contributed by atoms with Crippen LogP contribution in [0.1, 0.15) is 68.4 Å². The fraction of sp³-hybridized carbons (Fsp3) is 0.500. The summed E-state index contributed by atoms with van der Waals surface area (Å²) in [5.41, 5.74) is 1.77. The summed E-state index contributed by atoms with van der Waals surface area (Å²) < 4.78 is 8.33. The van der Waals surface area contributed by atoms with Crippen molar-refractivity contribution in [3.05, 3.63) is 46.5 Å². The average molecular weight is 358 g/mol. The monoisotopic (exact) mass is 357 g/mol. The number of nitriles is 1. The van der Waals surface area contributed by atoms with Gasteiger partial charge in [-0.2, -0.15) is 5.26 Å². The van der Waals surface area contributed by atoms with Gasteiger partial charge in [-0.3, -0.25) is 0 Å². The van der Waals surface area contributed by atoms with Crippen molar-refractivity contribution in [2.24, 2.45) is 7.05 Å². The summed E-state index contributed by atoms with van der Waals surface area (Å²) in [7, 11) is 2.12. The van der Waals surface area contributed by atoms with Crippen LogP contribution in [0.15, 0.2) is 24.4 Å². The Kier molecular flexibility index (Phi) is 5.34. The first-order chi connectivity index (χ1) is 12.0. The maximum atomic E-state index is 8.94. The summed E-state index contributed by atoms with van der Waals surface area (Å²) in [6.45, 7) is 4.41. The van der Waals surface area contributed by atoms with E-state index in [2.05, 4.69) is 36.5 Å². The molecule has 1 aromatic carbocycles. The highest BCUT2D eigenvalue weighted by molar-refractivity contribution is 6.31. The smallest absolute Gasteiger partial charge is 0.121 e. The minimum atomic E-state index is 0.199. The van der Waals surface area contributed by atoms with E-state index < -0.39 is 0 Å². The highest BCUT2D eigenvalue weighted by atomic mass is 35.5. The molecule has 1 fully saturated rings. The minimum Gasteiger partial charge on any atom is -0.490 e. The zero-order valence-electron chi connectivity index (χ0n) is 15.0. The molecular formula is C20H24ClN3O. The third kappa shape index (κ3) is 3.82. The summed E-state index contributed by atoms with van der Waals surface area (Å²) in [5, 5.41) is 9.39. The topological polar surface area (TPSA) is 50.8 Å². The van der Waals surface area contributed by atoms with E-state index in [1.165, 1.54) is 11.5 Å². The number of hydrogen-bond acceptors (Lipinski definition) is 3. The molecule has 3 rings (SSSR count). The molecule has 0 amide bonds. The highest BCUT2D eigenvalue weighted by Gasteiger charge is 2.27. The first-order valence-electron chi connectivity index (χ1n) is 8.87. The zero-order valence-corrected chi connectivity index (χ0v) is 15.8. The molecule has 0 saturated heterocycles. The number of hydrogen-bond donors (Lipinski definition) is 0. The zero-order chi connectivity index (χ0) is 18.0. The summed E-state index contributed by atoms with van der Waals surface area (Å²) in [5.74, 6) is 2.93. The first-order valence-corrected chi connectivity index (χ1v) is 9.25. The summed E-state index contributed by atoms with van der Waals surface area (Å²) in [6, 6.07) is 7.34. The molecule has 25 heavy (non-hydrogen) atoms. The van der Waals surface area contributed by atoms with Crippen LogP contribution < -0.4 is 4.74 Å². The third-order valence-electron chi connectivity index (χ3n) is 5.05. The Morgan fingerprint density at radius 3 is 2.56 bits per heavy atom. The Morgan fingerprint density at radius 2 is 2.00 bits per heavy atom. The van der Waals surface area contributed by atoms with Crippen LogP contribution in [0.4, 0.5) is 0 Å². The molecule has 1 saturated carbocycles. The second-order valence-electron chi connectivity index (χ2n) is 7.10. The molecule has 1 aliphatic rings. The quantitative estimate of drug-likeness (QED) is 0.758. The lowest BCUT2D eigenvalue weighted by Gasteiger charge is -2.29. The Labute approximate surface area is 154 Å². The molecule has 0 N–H and O–H groups in total. The normalized spacial score (nSPS) is 20.5. The standard InChI is InChI=1S/C20H24ClN3O/c1-13(2)19-12-23-20(24(19)3)14-4-7-16(8-5-14)25-17-9-6-15(11-22)18(21)10-17/h6,9-10,12-14,16H,4-5,7-8H2,1-3H3. The molecule has 0 unspecified atom stereocenters. The first kappa shape index (κ1) is 17.8. The SMILES string of the molecule is CC(C)c1cnc(C2CCC(Oc3ccc(C#N)c(Cl)c3)CC2)n1C. The van der Waals surface area contributed by atoms with Gasteiger partial charge in [-0.25, -0.2) is 4.98 Å². The molecule has 0 bridgehead atoms. The molecule has 4 nitrogen and oxygen atoms in total. The molecule has 1 aliphatic carbocycles. The van der Waals surface area contributed by atoms with Crippen molar-refractivity contribution in [1.82, 2.24) is 9.55 Å². The molecule has 2 aromatic rings. The van der Waals surface area contributed by atoms with Crippen molar-refractivity contribution in [3.8, 4) is 11.8 Å². The van der Waals surface area contributed by atoms with Crippen LogP contribution in [-0.4, -0.2) is 15.7 Å². The largest absolute Gasteiger partial charge is 0.490 e. The van der Waals surface area contributed by atoms with Crippen LogP contribution in [0.5, 0.6) is 5.75 Å². The lowest BCUT2D eigenvalue weighted by molar-refractivity contribution is 0.144. The van der Waals surface area contributed by atoms with E-state index in [9.17, 15) is 0 Å². The Morgan fingerprint density at radius 1 is 1.28 bits per heavy atom. The third-order valence-corrected chi connectivity index (χ3v) is 5.37. The molecule has 132 valence electrons. The fourth-order valence-electron chi connectivity index (χ4n) is 3.64. The lowest BCUT2D eigenvalue weighted by Crippen LogP contribution is -2.24. The molecule has 0 atom stereocenters. The van der Waals surface area contributed by atoms with E-state index in [4.69, 9.17) is 21.6 Å². The van der Waals surface area contributed by atoms with Crippen LogP contribution in [0, 0.1) is 11.3 Å². The van der Waals surface area contributed by atoms with E-state index in [-0.39, 0.29) is 6.10 Å². The van der Waals surface area contributed by atoms with Gasteiger partial charge < -0.3 is 9.30 Å². The number of aromatic nitrogens is 2. The van der Waals surface area contributed by atoms with Gasteiger partial charge in [-0.15, -0.1) is 0 Å². The number of nitrogens with zero attached hydrogens (tertiary/aromatic N) is 3. The Balaban J connectivity index is 1.61. The maximum Gasteiger partial charge on any atom is 0.121 e. The molecular weight excluding hydrogens is 334 g/mol. The fourth-order valence-corrected chi connectivity index (χ4v) is 3.86.